The van der Waals surface area contributed by atoms with Crippen molar-refractivity contribution in [3.63, 3.8) is 0 Å². The van der Waals surface area contributed by atoms with Crippen LogP contribution >= 0.6 is 0 Å². The summed E-state index contributed by atoms with van der Waals surface area (Å²) in [6.07, 6.45) is 3.41. The van der Waals surface area contributed by atoms with Crippen LogP contribution in [0.5, 0.6) is 11.5 Å². The van der Waals surface area contributed by atoms with Gasteiger partial charge in [0.25, 0.3) is 5.69 Å². The Labute approximate surface area is 172 Å². The second kappa shape index (κ2) is 8.95. The van der Waals surface area contributed by atoms with Crippen molar-refractivity contribution in [2.75, 3.05) is 19.5 Å². The number of nitro groups is 1. The highest BCUT2D eigenvalue weighted by Crippen LogP contribution is 2.29. The molecule has 1 atom stereocenters. The summed E-state index contributed by atoms with van der Waals surface area (Å²) in [4.78, 5) is 27.3. The number of hydrogen-bond donors (Lipinski definition) is 2. The molecule has 2 aromatic carbocycles. The van der Waals surface area contributed by atoms with Crippen LogP contribution in [0.2, 0.25) is 0 Å². The van der Waals surface area contributed by atoms with Gasteiger partial charge in [0.1, 0.15) is 23.4 Å². The van der Waals surface area contributed by atoms with Crippen LogP contribution in [0.25, 0.3) is 0 Å². The van der Waals surface area contributed by atoms with Crippen LogP contribution in [0.1, 0.15) is 17.4 Å². The highest BCUT2D eigenvalue weighted by Gasteiger charge is 2.22. The van der Waals surface area contributed by atoms with Crippen molar-refractivity contribution in [1.29, 1.82) is 0 Å². The van der Waals surface area contributed by atoms with E-state index in [4.69, 9.17) is 9.47 Å². The summed E-state index contributed by atoms with van der Waals surface area (Å²) in [6, 6.07) is 9.75. The molecule has 156 valence electrons. The Balaban J connectivity index is 1.88. The predicted octanol–water partition coefficient (Wildman–Crippen LogP) is 3.26. The van der Waals surface area contributed by atoms with Crippen molar-refractivity contribution in [3.8, 4) is 11.5 Å². The molecular weight excluding hydrogens is 390 g/mol. The molecule has 0 aliphatic carbocycles. The lowest BCUT2D eigenvalue weighted by Gasteiger charge is -2.21. The maximum atomic E-state index is 12.7. The van der Waals surface area contributed by atoms with E-state index in [2.05, 4.69) is 15.6 Å². The number of nitrogens with one attached hydrogen (secondary N) is 2. The number of carbonyl (C=O) groups excluding carboxylic acids is 1. The van der Waals surface area contributed by atoms with E-state index in [1.54, 1.807) is 49.4 Å². The zero-order valence-electron chi connectivity index (χ0n) is 16.7. The molecule has 2 amide bonds. The number of aromatic nitrogens is 2. The molecule has 0 fully saturated rings. The smallest absolute Gasteiger partial charge is 0.320 e. The third-order valence-electron chi connectivity index (χ3n) is 4.44. The number of rotatable bonds is 7. The zero-order valence-corrected chi connectivity index (χ0v) is 16.7. The molecule has 0 spiro atoms. The molecule has 30 heavy (non-hydrogen) atoms. The number of hydrogen-bond acceptors (Lipinski definition) is 6. The van der Waals surface area contributed by atoms with Gasteiger partial charge in [-0.1, -0.05) is 0 Å². The minimum Gasteiger partial charge on any atom is -0.497 e. The van der Waals surface area contributed by atoms with E-state index < -0.39 is 17.0 Å². The molecule has 3 aromatic rings. The minimum atomic E-state index is -0.605. The van der Waals surface area contributed by atoms with E-state index in [1.807, 2.05) is 7.05 Å². The molecule has 0 bridgehead atoms. The highest BCUT2D eigenvalue weighted by atomic mass is 16.6. The van der Waals surface area contributed by atoms with Crippen molar-refractivity contribution in [1.82, 2.24) is 14.9 Å². The molecule has 0 saturated heterocycles. The van der Waals surface area contributed by atoms with Crippen molar-refractivity contribution >= 4 is 17.4 Å². The van der Waals surface area contributed by atoms with Gasteiger partial charge in [-0.2, -0.15) is 0 Å². The van der Waals surface area contributed by atoms with E-state index in [0.29, 0.717) is 28.6 Å². The van der Waals surface area contributed by atoms with Crippen LogP contribution in [0.15, 0.2) is 54.9 Å². The predicted molar refractivity (Wildman–Crippen MR) is 110 cm³/mol. The monoisotopic (exact) mass is 411 g/mol. The molecular formula is C20H21N5O5. The van der Waals surface area contributed by atoms with Crippen molar-refractivity contribution < 1.29 is 19.2 Å². The standard InChI is InChI=1S/C20H21N5O5/c1-24-9-8-21-19(24)18(13-10-16(29-2)12-17(11-13)30-3)23-20(26)22-14-4-6-15(7-5-14)25(27)28/h4-12,18H,1-3H3,(H2,22,23,26). The number of ether oxygens (including phenoxy) is 2. The number of nitrogens with zero attached hydrogens (tertiary/aromatic N) is 3. The van der Waals surface area contributed by atoms with Gasteiger partial charge in [0, 0.05) is 43.3 Å². The largest absolute Gasteiger partial charge is 0.497 e. The van der Waals surface area contributed by atoms with Crippen LogP contribution in [-0.4, -0.2) is 34.7 Å². The highest BCUT2D eigenvalue weighted by molar-refractivity contribution is 5.89. The van der Waals surface area contributed by atoms with Crippen molar-refractivity contribution in [2.45, 2.75) is 6.04 Å². The fraction of sp³-hybridized carbons (Fsp3) is 0.200. The summed E-state index contributed by atoms with van der Waals surface area (Å²) in [5.74, 6) is 1.74. The maximum absolute atomic E-state index is 12.7. The molecule has 0 aliphatic heterocycles. The first-order chi connectivity index (χ1) is 14.4. The normalized spacial score (nSPS) is 11.4. The average molecular weight is 411 g/mol. The Bertz CT molecular complexity index is 1030. The molecule has 1 unspecified atom stereocenters. The molecule has 0 saturated carbocycles. The minimum absolute atomic E-state index is 0.0599. The Morgan fingerprint density at radius 1 is 1.13 bits per heavy atom. The molecule has 0 radical (unpaired) electrons. The summed E-state index contributed by atoms with van der Waals surface area (Å²) in [7, 11) is 4.91. The van der Waals surface area contributed by atoms with Gasteiger partial charge in [0.15, 0.2) is 0 Å². The summed E-state index contributed by atoms with van der Waals surface area (Å²) >= 11 is 0. The first-order valence-electron chi connectivity index (χ1n) is 8.93. The first kappa shape index (κ1) is 20.6. The van der Waals surface area contributed by atoms with Gasteiger partial charge in [-0.15, -0.1) is 0 Å². The summed E-state index contributed by atoms with van der Waals surface area (Å²) in [5, 5.41) is 16.3. The lowest BCUT2D eigenvalue weighted by Crippen LogP contribution is -2.34. The van der Waals surface area contributed by atoms with Crippen LogP contribution < -0.4 is 20.1 Å². The average Bonchev–Trinajstić information content (AvgIpc) is 3.17. The molecule has 1 heterocycles. The van der Waals surface area contributed by atoms with Crippen molar-refractivity contribution in [3.05, 3.63) is 76.4 Å². The van der Waals surface area contributed by atoms with Crippen LogP contribution in [-0.2, 0) is 7.05 Å². The fourth-order valence-corrected chi connectivity index (χ4v) is 2.91. The van der Waals surface area contributed by atoms with Gasteiger partial charge in [-0.25, -0.2) is 9.78 Å². The Morgan fingerprint density at radius 2 is 1.77 bits per heavy atom. The van der Waals surface area contributed by atoms with E-state index in [1.165, 1.54) is 24.3 Å². The number of non-ortho nitro benzene ring substituents is 1. The summed E-state index contributed by atoms with van der Waals surface area (Å²) in [6.45, 7) is 0. The topological polar surface area (TPSA) is 121 Å². The summed E-state index contributed by atoms with van der Waals surface area (Å²) in [5.41, 5.74) is 1.06. The van der Waals surface area contributed by atoms with E-state index >= 15 is 0 Å². The van der Waals surface area contributed by atoms with E-state index in [9.17, 15) is 14.9 Å². The molecule has 1 aromatic heterocycles. The number of methoxy groups -OCH3 is 2. The van der Waals surface area contributed by atoms with Gasteiger partial charge in [-0.3, -0.25) is 10.1 Å². The second-order valence-electron chi connectivity index (χ2n) is 6.38. The maximum Gasteiger partial charge on any atom is 0.320 e. The number of urea groups is 1. The number of imidazole rings is 1. The molecule has 10 heteroatoms. The summed E-state index contributed by atoms with van der Waals surface area (Å²) < 4.78 is 12.5. The quantitative estimate of drug-likeness (QED) is 0.455. The second-order valence-corrected chi connectivity index (χ2v) is 6.38. The molecule has 3 rings (SSSR count). The number of anilines is 1. The zero-order chi connectivity index (χ0) is 21.7. The van der Waals surface area contributed by atoms with Gasteiger partial charge < -0.3 is 24.7 Å². The van der Waals surface area contributed by atoms with Gasteiger partial charge in [0.2, 0.25) is 0 Å². The Hall–Kier alpha value is -4.08. The number of carbonyl (C=O) groups is 1. The number of amides is 2. The third-order valence-corrected chi connectivity index (χ3v) is 4.44. The lowest BCUT2D eigenvalue weighted by molar-refractivity contribution is -0.384. The van der Waals surface area contributed by atoms with E-state index in [-0.39, 0.29) is 5.69 Å². The van der Waals surface area contributed by atoms with Crippen LogP contribution in [0.4, 0.5) is 16.2 Å². The van der Waals surface area contributed by atoms with Gasteiger partial charge >= 0.3 is 6.03 Å². The van der Waals surface area contributed by atoms with Gasteiger partial charge in [0.05, 0.1) is 19.1 Å². The van der Waals surface area contributed by atoms with Gasteiger partial charge in [-0.05, 0) is 29.8 Å². The van der Waals surface area contributed by atoms with E-state index in [0.717, 1.165) is 0 Å². The fourth-order valence-electron chi connectivity index (χ4n) is 2.91. The SMILES string of the molecule is COc1cc(OC)cc(C(NC(=O)Nc2ccc([N+](=O)[O-])cc2)c2nccn2C)c1. The first-order valence-corrected chi connectivity index (χ1v) is 8.93. The molecule has 10 nitrogen and oxygen atoms in total. The molecule has 0 aliphatic rings. The van der Waals surface area contributed by atoms with Crippen molar-refractivity contribution in [2.24, 2.45) is 7.05 Å². The Kier molecular flexibility index (Phi) is 6.16. The van der Waals surface area contributed by atoms with Crippen LogP contribution in [0.3, 0.4) is 0 Å². The number of aryl methyl sites for hydroxylation is 1. The van der Waals surface area contributed by atoms with Crippen LogP contribution in [0, 0.1) is 10.1 Å². The Morgan fingerprint density at radius 3 is 2.27 bits per heavy atom. The third kappa shape index (κ3) is 4.66. The molecule has 2 N–H and O–H groups in total. The number of nitro benzene ring substituents is 1. The number of benzene rings is 2. The lowest BCUT2D eigenvalue weighted by atomic mass is 10.1.